The van der Waals surface area contributed by atoms with E-state index in [9.17, 15) is 4.79 Å². The number of likely N-dealkylation sites (tertiary alicyclic amines) is 2. The van der Waals surface area contributed by atoms with E-state index in [-0.39, 0.29) is 6.03 Å². The van der Waals surface area contributed by atoms with Gasteiger partial charge in [0, 0.05) is 37.5 Å². The van der Waals surface area contributed by atoms with E-state index in [0.717, 1.165) is 38.5 Å². The summed E-state index contributed by atoms with van der Waals surface area (Å²) >= 11 is 2.07. The van der Waals surface area contributed by atoms with Gasteiger partial charge in [-0.05, 0) is 44.9 Å². The van der Waals surface area contributed by atoms with E-state index in [4.69, 9.17) is 0 Å². The summed E-state index contributed by atoms with van der Waals surface area (Å²) in [6.07, 6.45) is 5.00. The molecule has 1 atom stereocenters. The lowest BCUT2D eigenvalue weighted by atomic mass is 10.0. The molecule has 0 spiro atoms. The second-order valence-electron chi connectivity index (χ2n) is 5.75. The Bertz CT molecular complexity index is 305. The lowest BCUT2D eigenvalue weighted by Gasteiger charge is -2.39. The zero-order valence-electron chi connectivity index (χ0n) is 12.9. The average molecular weight is 299 g/mol. The summed E-state index contributed by atoms with van der Waals surface area (Å²) in [4.78, 5) is 16.5. The summed E-state index contributed by atoms with van der Waals surface area (Å²) in [5, 5.41) is 2.91. The predicted molar refractivity (Wildman–Crippen MR) is 86.4 cm³/mol. The fraction of sp³-hybridized carbons (Fsp3) is 0.933. The van der Waals surface area contributed by atoms with Gasteiger partial charge >= 0.3 is 6.03 Å². The Morgan fingerprint density at radius 2 is 1.95 bits per heavy atom. The maximum atomic E-state index is 11.8. The number of carbonyl (C=O) groups excluding carboxylic acids is 1. The molecule has 2 aliphatic heterocycles. The van der Waals surface area contributed by atoms with Gasteiger partial charge in [-0.1, -0.05) is 6.92 Å². The van der Waals surface area contributed by atoms with Crippen molar-refractivity contribution in [1.29, 1.82) is 0 Å². The van der Waals surface area contributed by atoms with E-state index >= 15 is 0 Å². The van der Waals surface area contributed by atoms with Crippen molar-refractivity contribution in [2.75, 3.05) is 37.7 Å². The standard InChI is InChI=1S/C15H29N3OS/c1-3-16-15(19)17-10-7-13(8-11-17)18-9-5-6-14(18)12-20-4-2/h13-14H,3-12H2,1-2H3,(H,16,19). The average Bonchev–Trinajstić information content (AvgIpc) is 2.94. The van der Waals surface area contributed by atoms with Gasteiger partial charge < -0.3 is 10.2 Å². The number of nitrogens with zero attached hydrogens (tertiary/aromatic N) is 2. The van der Waals surface area contributed by atoms with Crippen LogP contribution in [-0.2, 0) is 0 Å². The van der Waals surface area contributed by atoms with Crippen LogP contribution in [0.3, 0.4) is 0 Å². The Morgan fingerprint density at radius 3 is 2.60 bits per heavy atom. The molecule has 0 saturated carbocycles. The van der Waals surface area contributed by atoms with Crippen LogP contribution in [0, 0.1) is 0 Å². The number of rotatable bonds is 5. The van der Waals surface area contributed by atoms with Gasteiger partial charge in [0.05, 0.1) is 0 Å². The zero-order valence-corrected chi connectivity index (χ0v) is 13.8. The topological polar surface area (TPSA) is 35.6 Å². The van der Waals surface area contributed by atoms with Gasteiger partial charge in [0.1, 0.15) is 0 Å². The predicted octanol–water partition coefficient (Wildman–Crippen LogP) is 2.40. The molecule has 20 heavy (non-hydrogen) atoms. The molecular formula is C15H29N3OS. The van der Waals surface area contributed by atoms with Gasteiger partial charge in [-0.25, -0.2) is 4.79 Å². The van der Waals surface area contributed by atoms with Crippen molar-refractivity contribution in [1.82, 2.24) is 15.1 Å². The molecule has 2 fully saturated rings. The van der Waals surface area contributed by atoms with Crippen LogP contribution in [0.4, 0.5) is 4.79 Å². The molecule has 4 nitrogen and oxygen atoms in total. The monoisotopic (exact) mass is 299 g/mol. The van der Waals surface area contributed by atoms with Gasteiger partial charge in [-0.3, -0.25) is 4.90 Å². The normalized spacial score (nSPS) is 25.1. The zero-order chi connectivity index (χ0) is 14.4. The number of nitrogens with one attached hydrogen (secondary N) is 1. The maximum absolute atomic E-state index is 11.8. The summed E-state index contributed by atoms with van der Waals surface area (Å²) in [5.41, 5.74) is 0. The number of hydrogen-bond donors (Lipinski definition) is 1. The lowest BCUT2D eigenvalue weighted by Crippen LogP contribution is -2.50. The van der Waals surface area contributed by atoms with Crippen LogP contribution in [0.1, 0.15) is 39.5 Å². The highest BCUT2D eigenvalue weighted by Crippen LogP contribution is 2.28. The molecule has 0 bridgehead atoms. The van der Waals surface area contributed by atoms with Crippen molar-refractivity contribution >= 4 is 17.8 Å². The van der Waals surface area contributed by atoms with Crippen molar-refractivity contribution in [3.05, 3.63) is 0 Å². The van der Waals surface area contributed by atoms with Gasteiger partial charge in [-0.15, -0.1) is 0 Å². The molecule has 0 radical (unpaired) electrons. The van der Waals surface area contributed by atoms with Crippen molar-refractivity contribution in [2.24, 2.45) is 0 Å². The maximum Gasteiger partial charge on any atom is 0.317 e. The van der Waals surface area contributed by atoms with Gasteiger partial charge in [-0.2, -0.15) is 11.8 Å². The molecule has 2 rings (SSSR count). The minimum Gasteiger partial charge on any atom is -0.338 e. The van der Waals surface area contributed by atoms with Gasteiger partial charge in [0.15, 0.2) is 0 Å². The molecule has 2 heterocycles. The first-order valence-corrected chi connectivity index (χ1v) is 9.28. The van der Waals surface area contributed by atoms with Crippen molar-refractivity contribution in [2.45, 2.75) is 51.6 Å². The smallest absolute Gasteiger partial charge is 0.317 e. The number of urea groups is 1. The fourth-order valence-electron chi connectivity index (χ4n) is 3.44. The van der Waals surface area contributed by atoms with Gasteiger partial charge in [0.2, 0.25) is 0 Å². The van der Waals surface area contributed by atoms with E-state index in [1.807, 2.05) is 11.8 Å². The summed E-state index contributed by atoms with van der Waals surface area (Å²) in [5.74, 6) is 2.51. The van der Waals surface area contributed by atoms with E-state index in [2.05, 4.69) is 28.9 Å². The summed E-state index contributed by atoms with van der Waals surface area (Å²) in [6.45, 7) is 8.04. The Labute approximate surface area is 127 Å². The number of amides is 2. The Morgan fingerprint density at radius 1 is 1.20 bits per heavy atom. The molecule has 5 heteroatoms. The number of piperidine rings is 1. The lowest BCUT2D eigenvalue weighted by molar-refractivity contribution is 0.114. The number of thioether (sulfide) groups is 1. The molecule has 2 saturated heterocycles. The quantitative estimate of drug-likeness (QED) is 0.847. The Kier molecular flexibility index (Phi) is 6.49. The first-order chi connectivity index (χ1) is 9.76. The summed E-state index contributed by atoms with van der Waals surface area (Å²) in [7, 11) is 0. The fourth-order valence-corrected chi connectivity index (χ4v) is 4.30. The molecule has 0 aromatic heterocycles. The molecule has 116 valence electrons. The number of hydrogen-bond acceptors (Lipinski definition) is 3. The van der Waals surface area contributed by atoms with E-state index in [1.54, 1.807) is 0 Å². The largest absolute Gasteiger partial charge is 0.338 e. The molecule has 0 aliphatic carbocycles. The van der Waals surface area contributed by atoms with Crippen LogP contribution in [0.2, 0.25) is 0 Å². The van der Waals surface area contributed by atoms with Crippen LogP contribution in [-0.4, -0.2) is 65.6 Å². The van der Waals surface area contributed by atoms with Crippen LogP contribution < -0.4 is 5.32 Å². The van der Waals surface area contributed by atoms with Crippen molar-refractivity contribution < 1.29 is 4.79 Å². The van der Waals surface area contributed by atoms with Crippen molar-refractivity contribution in [3.8, 4) is 0 Å². The van der Waals surface area contributed by atoms with Crippen LogP contribution >= 0.6 is 11.8 Å². The van der Waals surface area contributed by atoms with Crippen molar-refractivity contribution in [3.63, 3.8) is 0 Å². The first-order valence-electron chi connectivity index (χ1n) is 8.12. The third-order valence-electron chi connectivity index (χ3n) is 4.49. The number of carbonyl (C=O) groups is 1. The molecule has 1 N–H and O–H groups in total. The van der Waals surface area contributed by atoms with Crippen LogP contribution in [0.15, 0.2) is 0 Å². The summed E-state index contributed by atoms with van der Waals surface area (Å²) in [6, 6.07) is 1.59. The SMILES string of the molecule is CCNC(=O)N1CCC(N2CCCC2CSCC)CC1. The highest BCUT2D eigenvalue weighted by atomic mass is 32.2. The van der Waals surface area contributed by atoms with Gasteiger partial charge in [0.25, 0.3) is 0 Å². The molecule has 2 amide bonds. The highest BCUT2D eigenvalue weighted by molar-refractivity contribution is 7.99. The van der Waals surface area contributed by atoms with Crippen LogP contribution in [0.25, 0.3) is 0 Å². The molecule has 2 aliphatic rings. The molecule has 0 aromatic carbocycles. The Hall–Kier alpha value is -0.420. The van der Waals surface area contributed by atoms with E-state index < -0.39 is 0 Å². The van der Waals surface area contributed by atoms with E-state index in [0.29, 0.717) is 6.04 Å². The molecule has 0 aromatic rings. The first kappa shape index (κ1) is 16.0. The summed E-state index contributed by atoms with van der Waals surface area (Å²) < 4.78 is 0. The second-order valence-corrected chi connectivity index (χ2v) is 7.07. The highest BCUT2D eigenvalue weighted by Gasteiger charge is 2.33. The third-order valence-corrected chi connectivity index (χ3v) is 5.51. The minimum atomic E-state index is 0.116. The molecular weight excluding hydrogens is 270 g/mol. The van der Waals surface area contributed by atoms with E-state index in [1.165, 1.54) is 30.9 Å². The second kappa shape index (κ2) is 8.13. The third kappa shape index (κ3) is 4.04. The Balaban J connectivity index is 1.79. The minimum absolute atomic E-state index is 0.116. The van der Waals surface area contributed by atoms with Crippen LogP contribution in [0.5, 0.6) is 0 Å². The molecule has 1 unspecified atom stereocenters.